The van der Waals surface area contributed by atoms with Gasteiger partial charge in [-0.3, -0.25) is 0 Å². The third kappa shape index (κ3) is 1.64. The fraction of sp³-hybridized carbons (Fsp3) is 0.583. The summed E-state index contributed by atoms with van der Waals surface area (Å²) in [6, 6.07) is 0.256. The Morgan fingerprint density at radius 3 is 2.78 bits per heavy atom. The minimum atomic E-state index is 0.256. The quantitative estimate of drug-likeness (QED) is 0.824. The van der Waals surface area contributed by atoms with E-state index in [1.54, 1.807) is 13.3 Å². The van der Waals surface area contributed by atoms with Crippen molar-refractivity contribution >= 4 is 11.0 Å². The zero-order valence-corrected chi connectivity index (χ0v) is 10.8. The van der Waals surface area contributed by atoms with E-state index in [-0.39, 0.29) is 6.04 Å². The minimum absolute atomic E-state index is 0.256. The minimum Gasteiger partial charge on any atom is -0.479 e. The molecule has 0 saturated carbocycles. The van der Waals surface area contributed by atoms with E-state index in [2.05, 4.69) is 28.9 Å². The van der Waals surface area contributed by atoms with Gasteiger partial charge in [0.15, 0.2) is 5.65 Å². The number of nitrogens with zero attached hydrogens (tertiary/aromatic N) is 4. The van der Waals surface area contributed by atoms with Gasteiger partial charge in [0.2, 0.25) is 5.88 Å². The number of hydrogen-bond donors (Lipinski definition) is 0. The van der Waals surface area contributed by atoms with Gasteiger partial charge >= 0.3 is 0 Å². The van der Waals surface area contributed by atoms with Gasteiger partial charge in [-0.25, -0.2) is 14.6 Å². The Labute approximate surface area is 105 Å². The SMILES string of the molecule is COc1nn(C2COC2)c2nc(C(C)C)ncc12. The molecular formula is C12H16N4O2. The van der Waals surface area contributed by atoms with E-state index in [0.717, 1.165) is 16.9 Å². The first kappa shape index (κ1) is 11.4. The standard InChI is InChI=1S/C12H16N4O2/c1-7(2)10-13-4-9-11(14-10)16(8-5-18-6-8)15-12(9)17-3/h4,7-8H,5-6H2,1-3H3. The molecule has 0 atom stereocenters. The fourth-order valence-electron chi connectivity index (χ4n) is 1.96. The maximum absolute atomic E-state index is 5.27. The summed E-state index contributed by atoms with van der Waals surface area (Å²) in [5, 5.41) is 5.30. The number of hydrogen-bond acceptors (Lipinski definition) is 5. The molecule has 6 heteroatoms. The Balaban J connectivity index is 2.17. The van der Waals surface area contributed by atoms with Crippen LogP contribution in [-0.4, -0.2) is 40.1 Å². The van der Waals surface area contributed by atoms with E-state index in [4.69, 9.17) is 9.47 Å². The van der Waals surface area contributed by atoms with Crippen LogP contribution in [0.3, 0.4) is 0 Å². The molecule has 1 aliphatic rings. The molecule has 0 aliphatic carbocycles. The monoisotopic (exact) mass is 248 g/mol. The molecule has 6 nitrogen and oxygen atoms in total. The highest BCUT2D eigenvalue weighted by molar-refractivity contribution is 5.80. The van der Waals surface area contributed by atoms with Gasteiger partial charge in [-0.1, -0.05) is 13.8 Å². The van der Waals surface area contributed by atoms with Crippen molar-refractivity contribution < 1.29 is 9.47 Å². The molecule has 0 unspecified atom stereocenters. The molecule has 1 fully saturated rings. The zero-order chi connectivity index (χ0) is 12.7. The summed E-state index contributed by atoms with van der Waals surface area (Å²) in [5.74, 6) is 1.69. The zero-order valence-electron chi connectivity index (χ0n) is 10.8. The van der Waals surface area contributed by atoms with E-state index < -0.39 is 0 Å². The number of methoxy groups -OCH3 is 1. The Morgan fingerprint density at radius 1 is 1.44 bits per heavy atom. The molecule has 0 radical (unpaired) electrons. The van der Waals surface area contributed by atoms with Crippen molar-refractivity contribution in [1.82, 2.24) is 19.7 Å². The molecule has 0 amide bonds. The van der Waals surface area contributed by atoms with Gasteiger partial charge in [-0.15, -0.1) is 5.10 Å². The van der Waals surface area contributed by atoms with Gasteiger partial charge in [0.1, 0.15) is 17.3 Å². The summed E-state index contributed by atoms with van der Waals surface area (Å²) in [6.45, 7) is 5.51. The van der Waals surface area contributed by atoms with Crippen molar-refractivity contribution in [3.63, 3.8) is 0 Å². The average Bonchev–Trinajstić information content (AvgIpc) is 2.65. The lowest BCUT2D eigenvalue weighted by molar-refractivity contribution is -0.0272. The van der Waals surface area contributed by atoms with E-state index in [9.17, 15) is 0 Å². The highest BCUT2D eigenvalue weighted by Gasteiger charge is 2.26. The van der Waals surface area contributed by atoms with E-state index in [1.807, 2.05) is 4.68 Å². The molecule has 3 heterocycles. The number of rotatable bonds is 3. The van der Waals surface area contributed by atoms with Gasteiger partial charge in [0.25, 0.3) is 0 Å². The molecule has 0 spiro atoms. The molecule has 1 saturated heterocycles. The van der Waals surface area contributed by atoms with Crippen molar-refractivity contribution in [2.24, 2.45) is 0 Å². The molecule has 0 bridgehead atoms. The van der Waals surface area contributed by atoms with E-state index in [0.29, 0.717) is 25.0 Å². The van der Waals surface area contributed by atoms with Crippen LogP contribution in [0.4, 0.5) is 0 Å². The molecule has 2 aromatic rings. The Bertz CT molecular complexity index is 575. The fourth-order valence-corrected chi connectivity index (χ4v) is 1.96. The number of aromatic nitrogens is 4. The molecule has 0 aromatic carbocycles. The van der Waals surface area contributed by atoms with Crippen LogP contribution >= 0.6 is 0 Å². The van der Waals surface area contributed by atoms with Crippen LogP contribution < -0.4 is 4.74 Å². The summed E-state index contributed by atoms with van der Waals surface area (Å²) >= 11 is 0. The summed E-state index contributed by atoms with van der Waals surface area (Å²) < 4.78 is 12.4. The maximum Gasteiger partial charge on any atom is 0.243 e. The van der Waals surface area contributed by atoms with E-state index >= 15 is 0 Å². The maximum atomic E-state index is 5.27. The van der Waals surface area contributed by atoms with Crippen LogP contribution in [0.15, 0.2) is 6.20 Å². The van der Waals surface area contributed by atoms with Crippen LogP contribution in [0, 0.1) is 0 Å². The third-order valence-corrected chi connectivity index (χ3v) is 3.11. The van der Waals surface area contributed by atoms with Crippen LogP contribution in [0.25, 0.3) is 11.0 Å². The first-order valence-electron chi connectivity index (χ1n) is 6.07. The van der Waals surface area contributed by atoms with Gasteiger partial charge in [-0.2, -0.15) is 0 Å². The third-order valence-electron chi connectivity index (χ3n) is 3.11. The Kier molecular flexibility index (Phi) is 2.66. The summed E-state index contributed by atoms with van der Waals surface area (Å²) in [6.07, 6.45) is 1.79. The summed E-state index contributed by atoms with van der Waals surface area (Å²) in [7, 11) is 1.61. The molecule has 96 valence electrons. The van der Waals surface area contributed by atoms with Crippen molar-refractivity contribution in [2.45, 2.75) is 25.8 Å². The van der Waals surface area contributed by atoms with Gasteiger partial charge in [0, 0.05) is 12.1 Å². The molecule has 3 rings (SSSR count). The van der Waals surface area contributed by atoms with Crippen molar-refractivity contribution in [3.05, 3.63) is 12.0 Å². The number of fused-ring (bicyclic) bond motifs is 1. The van der Waals surface area contributed by atoms with Crippen LogP contribution in [0.5, 0.6) is 5.88 Å². The normalized spacial score (nSPS) is 16.2. The topological polar surface area (TPSA) is 62.1 Å². The van der Waals surface area contributed by atoms with Crippen LogP contribution in [0.2, 0.25) is 0 Å². The average molecular weight is 248 g/mol. The second kappa shape index (κ2) is 4.20. The highest BCUT2D eigenvalue weighted by atomic mass is 16.5. The first-order chi connectivity index (χ1) is 8.70. The Morgan fingerprint density at radius 2 is 2.22 bits per heavy atom. The van der Waals surface area contributed by atoms with Gasteiger partial charge < -0.3 is 9.47 Å². The predicted molar refractivity (Wildman–Crippen MR) is 65.8 cm³/mol. The number of ether oxygens (including phenoxy) is 2. The molecule has 0 N–H and O–H groups in total. The highest BCUT2D eigenvalue weighted by Crippen LogP contribution is 2.28. The first-order valence-corrected chi connectivity index (χ1v) is 6.07. The van der Waals surface area contributed by atoms with Crippen LogP contribution in [-0.2, 0) is 4.74 Å². The van der Waals surface area contributed by atoms with Gasteiger partial charge in [0.05, 0.1) is 20.3 Å². The van der Waals surface area contributed by atoms with Crippen molar-refractivity contribution in [2.75, 3.05) is 20.3 Å². The van der Waals surface area contributed by atoms with Crippen LogP contribution in [0.1, 0.15) is 31.6 Å². The smallest absolute Gasteiger partial charge is 0.243 e. The lowest BCUT2D eigenvalue weighted by Gasteiger charge is -2.26. The Hall–Kier alpha value is -1.69. The molecule has 18 heavy (non-hydrogen) atoms. The lowest BCUT2D eigenvalue weighted by Crippen LogP contribution is -2.31. The van der Waals surface area contributed by atoms with E-state index in [1.165, 1.54) is 0 Å². The predicted octanol–water partition coefficient (Wildman–Crippen LogP) is 1.53. The lowest BCUT2D eigenvalue weighted by atomic mass is 10.2. The van der Waals surface area contributed by atoms with Crippen molar-refractivity contribution in [1.29, 1.82) is 0 Å². The summed E-state index contributed by atoms with van der Waals surface area (Å²) in [4.78, 5) is 8.96. The van der Waals surface area contributed by atoms with Gasteiger partial charge in [-0.05, 0) is 0 Å². The second-order valence-corrected chi connectivity index (χ2v) is 4.77. The second-order valence-electron chi connectivity index (χ2n) is 4.77. The molecular weight excluding hydrogens is 232 g/mol. The van der Waals surface area contributed by atoms with Crippen molar-refractivity contribution in [3.8, 4) is 5.88 Å². The summed E-state index contributed by atoms with van der Waals surface area (Å²) in [5.41, 5.74) is 0.832. The largest absolute Gasteiger partial charge is 0.479 e. The molecule has 2 aromatic heterocycles. The molecule has 1 aliphatic heterocycles.